The minimum Gasteiger partial charge on any atom is -0.451 e. The predicted molar refractivity (Wildman–Crippen MR) is 95.0 cm³/mol. The molecule has 1 aromatic rings. The monoisotopic (exact) mass is 363 g/mol. The van der Waals surface area contributed by atoms with E-state index in [1.807, 2.05) is 6.92 Å². The number of carbonyl (C=O) groups is 2. The van der Waals surface area contributed by atoms with E-state index in [2.05, 4.69) is 18.2 Å². The summed E-state index contributed by atoms with van der Waals surface area (Å²) in [6.45, 7) is 3.85. The third kappa shape index (κ3) is 7.93. The summed E-state index contributed by atoms with van der Waals surface area (Å²) in [6, 6.07) is 1.81. The molecule has 1 aromatic carbocycles. The molecule has 0 bridgehead atoms. The Morgan fingerprint density at radius 2 is 1.96 bits per heavy atom. The van der Waals surface area contributed by atoms with Crippen molar-refractivity contribution < 1.29 is 23.1 Å². The summed E-state index contributed by atoms with van der Waals surface area (Å²) < 4.78 is 31.5. The van der Waals surface area contributed by atoms with Crippen molar-refractivity contribution in [3.05, 3.63) is 47.5 Å². The van der Waals surface area contributed by atoms with Gasteiger partial charge in [-0.1, -0.05) is 32.3 Å². The molecule has 6 heteroatoms. The van der Waals surface area contributed by atoms with Crippen molar-refractivity contribution in [2.75, 3.05) is 6.61 Å². The lowest BCUT2D eigenvalue weighted by molar-refractivity contribution is -0.146. The van der Waals surface area contributed by atoms with Crippen LogP contribution >= 0.6 is 0 Å². The molecule has 0 saturated carbocycles. The number of allylic oxidation sites excluding steroid dienone is 1. The molecular formula is C20H23F2NO3. The van der Waals surface area contributed by atoms with Crippen molar-refractivity contribution in [1.82, 2.24) is 5.32 Å². The van der Waals surface area contributed by atoms with Crippen LogP contribution in [0.1, 0.15) is 32.3 Å². The molecule has 0 aliphatic carbocycles. The summed E-state index contributed by atoms with van der Waals surface area (Å²) >= 11 is 0. The number of hydrogen-bond donors (Lipinski definition) is 1. The molecule has 1 rings (SSSR count). The van der Waals surface area contributed by atoms with Gasteiger partial charge < -0.3 is 10.1 Å². The van der Waals surface area contributed by atoms with Crippen LogP contribution in [0.5, 0.6) is 0 Å². The van der Waals surface area contributed by atoms with Crippen LogP contribution in [-0.2, 0) is 20.7 Å². The average Bonchev–Trinajstić information content (AvgIpc) is 2.57. The first-order chi connectivity index (χ1) is 12.3. The van der Waals surface area contributed by atoms with Gasteiger partial charge in [0.05, 0.1) is 0 Å². The SMILES string of the molecule is C#CCOC(=O)[C@H](Cc1cc(F)cc(F)c1)NC(=O)/C=C/CC(C)CC. The van der Waals surface area contributed by atoms with Gasteiger partial charge in [0.25, 0.3) is 0 Å². The van der Waals surface area contributed by atoms with Crippen LogP contribution in [0.4, 0.5) is 8.78 Å². The van der Waals surface area contributed by atoms with Gasteiger partial charge in [-0.3, -0.25) is 4.79 Å². The van der Waals surface area contributed by atoms with Gasteiger partial charge in [-0.05, 0) is 36.1 Å². The number of benzene rings is 1. The predicted octanol–water partition coefficient (Wildman–Crippen LogP) is 3.16. The summed E-state index contributed by atoms with van der Waals surface area (Å²) in [5, 5.41) is 2.49. The molecule has 2 atom stereocenters. The maximum Gasteiger partial charge on any atom is 0.329 e. The minimum atomic E-state index is -1.11. The quantitative estimate of drug-likeness (QED) is 0.417. The molecule has 140 valence electrons. The number of amides is 1. The molecule has 0 aliphatic rings. The zero-order valence-corrected chi connectivity index (χ0v) is 14.9. The van der Waals surface area contributed by atoms with Gasteiger partial charge in [-0.25, -0.2) is 13.6 Å². The van der Waals surface area contributed by atoms with E-state index in [0.717, 1.165) is 31.0 Å². The Kier molecular flexibility index (Phi) is 9.07. The highest BCUT2D eigenvalue weighted by Gasteiger charge is 2.22. The number of ether oxygens (including phenoxy) is 1. The van der Waals surface area contributed by atoms with E-state index in [-0.39, 0.29) is 18.6 Å². The number of hydrogen-bond acceptors (Lipinski definition) is 3. The standard InChI is InChI=1S/C20H23F2NO3/c1-4-9-26-20(25)18(12-15-10-16(21)13-17(22)11-15)23-19(24)8-6-7-14(3)5-2/h1,6,8,10-11,13-14,18H,5,7,9,12H2,2-3H3,(H,23,24)/b8-6+/t14?,18-/m0/s1. The molecule has 4 nitrogen and oxygen atoms in total. The number of rotatable bonds is 9. The summed E-state index contributed by atoms with van der Waals surface area (Å²) in [4.78, 5) is 24.1. The molecular weight excluding hydrogens is 340 g/mol. The van der Waals surface area contributed by atoms with Gasteiger partial charge in [-0.15, -0.1) is 6.42 Å². The van der Waals surface area contributed by atoms with Crippen molar-refractivity contribution >= 4 is 11.9 Å². The Balaban J connectivity index is 2.82. The largest absolute Gasteiger partial charge is 0.451 e. The van der Waals surface area contributed by atoms with Crippen LogP contribution in [0.15, 0.2) is 30.4 Å². The van der Waals surface area contributed by atoms with Gasteiger partial charge in [-0.2, -0.15) is 0 Å². The normalized spacial score (nSPS) is 13.0. The molecule has 0 heterocycles. The highest BCUT2D eigenvalue weighted by Crippen LogP contribution is 2.11. The van der Waals surface area contributed by atoms with E-state index in [4.69, 9.17) is 11.2 Å². The maximum absolute atomic E-state index is 13.3. The van der Waals surface area contributed by atoms with Gasteiger partial charge in [0.15, 0.2) is 6.61 Å². The fourth-order valence-corrected chi connectivity index (χ4v) is 2.17. The lowest BCUT2D eigenvalue weighted by Crippen LogP contribution is -2.42. The van der Waals surface area contributed by atoms with Gasteiger partial charge in [0.2, 0.25) is 5.91 Å². The fourth-order valence-electron chi connectivity index (χ4n) is 2.17. The Hall–Kier alpha value is -2.68. The summed E-state index contributed by atoms with van der Waals surface area (Å²) in [5.74, 6) is -0.208. The molecule has 26 heavy (non-hydrogen) atoms. The minimum absolute atomic E-state index is 0.122. The Morgan fingerprint density at radius 3 is 2.54 bits per heavy atom. The molecule has 1 amide bonds. The lowest BCUT2D eigenvalue weighted by atomic mass is 10.0. The smallest absolute Gasteiger partial charge is 0.329 e. The Morgan fingerprint density at radius 1 is 1.31 bits per heavy atom. The van der Waals surface area contributed by atoms with E-state index in [1.54, 1.807) is 6.08 Å². The van der Waals surface area contributed by atoms with E-state index >= 15 is 0 Å². The van der Waals surface area contributed by atoms with E-state index in [0.29, 0.717) is 5.92 Å². The zero-order valence-electron chi connectivity index (χ0n) is 14.9. The second kappa shape index (κ2) is 11.0. The number of terminal acetylenes is 1. The Bertz CT molecular complexity index is 675. The summed E-state index contributed by atoms with van der Waals surface area (Å²) in [5.41, 5.74) is 0.217. The second-order valence-electron chi connectivity index (χ2n) is 6.01. The van der Waals surface area contributed by atoms with Crippen LogP contribution in [0, 0.1) is 29.9 Å². The zero-order chi connectivity index (χ0) is 19.5. The summed E-state index contributed by atoms with van der Waals surface area (Å²) in [7, 11) is 0. The van der Waals surface area contributed by atoms with Crippen LogP contribution < -0.4 is 5.32 Å². The van der Waals surface area contributed by atoms with Crippen molar-refractivity contribution in [2.45, 2.75) is 39.2 Å². The lowest BCUT2D eigenvalue weighted by Gasteiger charge is -2.16. The van der Waals surface area contributed by atoms with Crippen LogP contribution in [-0.4, -0.2) is 24.5 Å². The average molecular weight is 363 g/mol. The van der Waals surface area contributed by atoms with Crippen molar-refractivity contribution in [2.24, 2.45) is 5.92 Å². The van der Waals surface area contributed by atoms with E-state index in [9.17, 15) is 18.4 Å². The first-order valence-corrected chi connectivity index (χ1v) is 8.37. The first kappa shape index (κ1) is 21.4. The highest BCUT2D eigenvalue weighted by atomic mass is 19.1. The summed E-state index contributed by atoms with van der Waals surface area (Å²) in [6.07, 6.45) is 9.69. The third-order valence-electron chi connectivity index (χ3n) is 3.77. The van der Waals surface area contributed by atoms with Crippen LogP contribution in [0.25, 0.3) is 0 Å². The molecule has 0 aliphatic heterocycles. The number of carbonyl (C=O) groups excluding carboxylic acids is 2. The molecule has 0 fully saturated rings. The number of halogens is 2. The topological polar surface area (TPSA) is 55.4 Å². The van der Waals surface area contributed by atoms with Gasteiger partial charge in [0.1, 0.15) is 17.7 Å². The van der Waals surface area contributed by atoms with Gasteiger partial charge >= 0.3 is 5.97 Å². The van der Waals surface area contributed by atoms with Crippen molar-refractivity contribution in [3.8, 4) is 12.3 Å². The third-order valence-corrected chi connectivity index (χ3v) is 3.77. The fraction of sp³-hybridized carbons (Fsp3) is 0.400. The first-order valence-electron chi connectivity index (χ1n) is 8.37. The maximum atomic E-state index is 13.3. The van der Waals surface area contributed by atoms with Crippen LogP contribution in [0.3, 0.4) is 0 Å². The second-order valence-corrected chi connectivity index (χ2v) is 6.01. The molecule has 0 aromatic heterocycles. The molecule has 1 N–H and O–H groups in total. The van der Waals surface area contributed by atoms with Crippen LogP contribution in [0.2, 0.25) is 0 Å². The molecule has 0 spiro atoms. The van der Waals surface area contributed by atoms with E-state index in [1.165, 1.54) is 6.08 Å². The molecule has 0 saturated heterocycles. The number of nitrogens with one attached hydrogen (secondary N) is 1. The Labute approximate surface area is 152 Å². The van der Waals surface area contributed by atoms with Gasteiger partial charge in [0, 0.05) is 12.5 Å². The van der Waals surface area contributed by atoms with Crippen molar-refractivity contribution in [3.63, 3.8) is 0 Å². The molecule has 0 radical (unpaired) electrons. The van der Waals surface area contributed by atoms with Crippen molar-refractivity contribution in [1.29, 1.82) is 0 Å². The van der Waals surface area contributed by atoms with E-state index < -0.39 is 29.6 Å². The highest BCUT2D eigenvalue weighted by molar-refractivity contribution is 5.91. The number of esters is 1. The molecule has 1 unspecified atom stereocenters.